The summed E-state index contributed by atoms with van der Waals surface area (Å²) >= 11 is 0. The summed E-state index contributed by atoms with van der Waals surface area (Å²) in [4.78, 5) is 9.75. The van der Waals surface area contributed by atoms with Gasteiger partial charge in [-0.3, -0.25) is 4.98 Å². The molecular formula is C53H55IrN3O-2. The Hall–Kier alpha value is -5.09. The minimum atomic E-state index is 0. The Kier molecular flexibility index (Phi) is 12.8. The number of imidazole rings is 1. The first kappa shape index (κ1) is 42.5. The van der Waals surface area contributed by atoms with Crippen molar-refractivity contribution in [3.8, 4) is 39.5 Å². The van der Waals surface area contributed by atoms with Gasteiger partial charge in [0.1, 0.15) is 0 Å². The van der Waals surface area contributed by atoms with Crippen LogP contribution >= 0.6 is 0 Å². The Morgan fingerprint density at radius 2 is 1.47 bits per heavy atom. The smallest absolute Gasteiger partial charge is 0.0774 e. The van der Waals surface area contributed by atoms with Crippen LogP contribution in [0, 0.1) is 37.5 Å². The van der Waals surface area contributed by atoms with E-state index in [1.54, 1.807) is 0 Å². The van der Waals surface area contributed by atoms with E-state index in [-0.39, 0.29) is 30.9 Å². The monoisotopic (exact) mass is 942 g/mol. The molecule has 0 spiro atoms. The fourth-order valence-electron chi connectivity index (χ4n) is 7.98. The molecule has 0 aliphatic heterocycles. The van der Waals surface area contributed by atoms with Gasteiger partial charge in [-0.1, -0.05) is 139 Å². The van der Waals surface area contributed by atoms with E-state index >= 15 is 0 Å². The number of benzene rings is 5. The Balaban J connectivity index is 0.000000230. The van der Waals surface area contributed by atoms with Gasteiger partial charge in [0.15, 0.2) is 0 Å². The maximum Gasteiger partial charge on any atom is 0.0774 e. The van der Waals surface area contributed by atoms with Gasteiger partial charge in [-0.15, -0.1) is 35.9 Å². The molecule has 5 heteroatoms. The minimum Gasteiger partial charge on any atom is -0.557 e. The molecule has 0 aliphatic rings. The van der Waals surface area contributed by atoms with E-state index in [2.05, 4.69) is 182 Å². The zero-order chi connectivity index (χ0) is 40.5. The van der Waals surface area contributed by atoms with E-state index < -0.39 is 0 Å². The molecule has 8 aromatic rings. The summed E-state index contributed by atoms with van der Waals surface area (Å²) in [5.74, 6) is 1.49. The zero-order valence-corrected chi connectivity index (χ0v) is 38.0. The molecular weight excluding hydrogens is 887 g/mol. The van der Waals surface area contributed by atoms with E-state index in [0.717, 1.165) is 63.2 Å². The first-order valence-electron chi connectivity index (χ1n) is 20.2. The first-order valence-corrected chi connectivity index (χ1v) is 20.2. The normalized spacial score (nSPS) is 11.8. The van der Waals surface area contributed by atoms with Crippen LogP contribution < -0.4 is 0 Å². The third-order valence-electron chi connectivity index (χ3n) is 10.3. The number of furan rings is 1. The van der Waals surface area contributed by atoms with Gasteiger partial charge in [-0.25, -0.2) is 0 Å². The molecule has 0 unspecified atom stereocenters. The van der Waals surface area contributed by atoms with Crippen LogP contribution in [0.4, 0.5) is 0 Å². The van der Waals surface area contributed by atoms with Gasteiger partial charge >= 0.3 is 0 Å². The maximum absolute atomic E-state index is 5.92. The summed E-state index contributed by atoms with van der Waals surface area (Å²) < 4.78 is 8.17. The molecule has 8 rings (SSSR count). The second-order valence-corrected chi connectivity index (χ2v) is 18.1. The number of fused-ring (bicyclic) bond motifs is 2. The second kappa shape index (κ2) is 17.4. The summed E-state index contributed by atoms with van der Waals surface area (Å²) in [6.07, 6.45) is 7.33. The fraction of sp³-hybridized carbons (Fsp3) is 0.283. The largest absolute Gasteiger partial charge is 0.557 e. The van der Waals surface area contributed by atoms with Crippen LogP contribution in [0.25, 0.3) is 61.5 Å². The molecule has 3 heterocycles. The predicted octanol–water partition coefficient (Wildman–Crippen LogP) is 14.2. The first-order chi connectivity index (χ1) is 27.2. The molecule has 0 saturated carbocycles. The molecule has 0 bridgehead atoms. The molecule has 0 fully saturated rings. The van der Waals surface area contributed by atoms with E-state index in [1.165, 1.54) is 38.9 Å². The van der Waals surface area contributed by atoms with E-state index in [1.807, 2.05) is 30.5 Å². The van der Waals surface area contributed by atoms with Gasteiger partial charge in [-0.2, -0.15) is 0 Å². The van der Waals surface area contributed by atoms with Crippen molar-refractivity contribution in [2.24, 2.45) is 11.3 Å². The van der Waals surface area contributed by atoms with Crippen LogP contribution in [-0.4, -0.2) is 14.5 Å². The molecule has 0 amide bonds. The van der Waals surface area contributed by atoms with Gasteiger partial charge in [0, 0.05) is 43.8 Å². The van der Waals surface area contributed by atoms with Crippen molar-refractivity contribution in [2.45, 2.75) is 87.5 Å². The van der Waals surface area contributed by atoms with E-state index in [0.29, 0.717) is 5.92 Å². The summed E-state index contributed by atoms with van der Waals surface area (Å²) in [6, 6.07) is 43.4. The van der Waals surface area contributed by atoms with Crippen LogP contribution in [0.5, 0.6) is 0 Å². The Labute approximate surface area is 359 Å². The summed E-state index contributed by atoms with van der Waals surface area (Å²) in [5, 5.41) is 1.05. The van der Waals surface area contributed by atoms with Gasteiger partial charge in [0.2, 0.25) is 0 Å². The Bertz CT molecular complexity index is 2610. The van der Waals surface area contributed by atoms with Gasteiger partial charge in [0.25, 0.3) is 0 Å². The molecule has 0 atom stereocenters. The molecule has 299 valence electrons. The SMILES string of the molecule is CC(C)Cc1cc(-c2[c-]cccc2)ncc1C(C)(C)C.Cc1cc(-n2c(-c3[c-]oc4ccc(CC(C)(C)C)cc34)nc3ccccc32)cc(C)c1-c1ccccc1.[Ir]. The van der Waals surface area contributed by atoms with Crippen molar-refractivity contribution >= 4 is 22.0 Å². The summed E-state index contributed by atoms with van der Waals surface area (Å²) in [7, 11) is 0. The van der Waals surface area contributed by atoms with Gasteiger partial charge < -0.3 is 14.0 Å². The molecule has 58 heavy (non-hydrogen) atoms. The molecule has 3 aromatic heterocycles. The van der Waals surface area contributed by atoms with Crippen molar-refractivity contribution < 1.29 is 24.5 Å². The maximum atomic E-state index is 5.92. The van der Waals surface area contributed by atoms with Crippen LogP contribution in [0.1, 0.15) is 83.2 Å². The quantitative estimate of drug-likeness (QED) is 0.150. The number of pyridine rings is 1. The molecule has 0 saturated heterocycles. The van der Waals surface area contributed by atoms with Crippen molar-refractivity contribution in [3.63, 3.8) is 0 Å². The Morgan fingerprint density at radius 3 is 2.12 bits per heavy atom. The predicted molar refractivity (Wildman–Crippen MR) is 239 cm³/mol. The molecule has 4 nitrogen and oxygen atoms in total. The van der Waals surface area contributed by atoms with E-state index in [4.69, 9.17) is 9.40 Å². The summed E-state index contributed by atoms with van der Waals surface area (Å²) in [5.41, 5.74) is 16.3. The average Bonchev–Trinajstić information content (AvgIpc) is 3.75. The summed E-state index contributed by atoms with van der Waals surface area (Å²) in [6.45, 7) is 22.5. The molecule has 0 aliphatic carbocycles. The van der Waals surface area contributed by atoms with Crippen LogP contribution in [0.15, 0.2) is 126 Å². The number of aryl methyl sites for hydroxylation is 2. The topological polar surface area (TPSA) is 43.9 Å². The molecule has 1 radical (unpaired) electrons. The van der Waals surface area contributed by atoms with Crippen molar-refractivity contribution in [2.75, 3.05) is 0 Å². The van der Waals surface area contributed by atoms with Crippen LogP contribution in [0.3, 0.4) is 0 Å². The van der Waals surface area contributed by atoms with Crippen molar-refractivity contribution in [1.29, 1.82) is 0 Å². The number of nitrogens with zero attached hydrogens (tertiary/aromatic N) is 3. The van der Waals surface area contributed by atoms with Crippen LogP contribution in [-0.2, 0) is 38.4 Å². The van der Waals surface area contributed by atoms with Crippen LogP contribution in [0.2, 0.25) is 0 Å². The van der Waals surface area contributed by atoms with Gasteiger partial charge in [0.05, 0.1) is 16.9 Å². The molecule has 0 N–H and O–H groups in total. The number of rotatable bonds is 7. The second-order valence-electron chi connectivity index (χ2n) is 18.1. The molecule has 5 aromatic carbocycles. The fourth-order valence-corrected chi connectivity index (χ4v) is 7.98. The third-order valence-corrected chi connectivity index (χ3v) is 10.3. The average molecular weight is 942 g/mol. The number of hydrogen-bond acceptors (Lipinski definition) is 3. The van der Waals surface area contributed by atoms with Crippen molar-refractivity contribution in [1.82, 2.24) is 14.5 Å². The van der Waals surface area contributed by atoms with Crippen molar-refractivity contribution in [3.05, 3.63) is 162 Å². The minimum absolute atomic E-state index is 0. The number of aromatic nitrogens is 3. The third kappa shape index (κ3) is 9.44. The van der Waals surface area contributed by atoms with Gasteiger partial charge in [-0.05, 0) is 107 Å². The standard InChI is InChI=1S/C34H31N2O.C19H24N.Ir/c1-22-17-26(18-23(2)32(22)25-11-7-6-8-12-25)36-30-14-10-9-13-29(30)35-33(36)28-21-37-31-16-15-24(19-27(28)31)20-34(3,4)5;1-14(2)11-16-12-18(15-9-7-6-8-10-15)20-13-17(16)19(3,4)5;/h6-19H,20H2,1-5H3;6-9,12-14H,11H2,1-5H3;/q2*-1;. The Morgan fingerprint density at radius 1 is 0.776 bits per heavy atom. The number of para-hydroxylation sites is 2. The zero-order valence-electron chi connectivity index (χ0n) is 35.6. The number of hydrogen-bond donors (Lipinski definition) is 0. The van der Waals surface area contributed by atoms with E-state index in [9.17, 15) is 0 Å².